The van der Waals surface area contributed by atoms with Gasteiger partial charge < -0.3 is 9.64 Å². The van der Waals surface area contributed by atoms with Crippen molar-refractivity contribution in [1.82, 2.24) is 14.7 Å². The first-order valence-corrected chi connectivity index (χ1v) is 8.34. The van der Waals surface area contributed by atoms with Crippen LogP contribution in [-0.4, -0.2) is 39.8 Å². The van der Waals surface area contributed by atoms with E-state index < -0.39 is 0 Å². The van der Waals surface area contributed by atoms with E-state index in [1.165, 1.54) is 18.4 Å². The summed E-state index contributed by atoms with van der Waals surface area (Å²) in [5.41, 5.74) is 2.40. The minimum Gasteiger partial charge on any atom is -0.375 e. The summed E-state index contributed by atoms with van der Waals surface area (Å²) >= 11 is 0. The Hall–Kier alpha value is -1.62. The molecular weight excluding hydrogens is 278 g/mol. The second-order valence-corrected chi connectivity index (χ2v) is 6.14. The minimum atomic E-state index is 0.0236. The van der Waals surface area contributed by atoms with E-state index in [2.05, 4.69) is 11.2 Å². The molecule has 1 aromatic heterocycles. The van der Waals surface area contributed by atoms with Gasteiger partial charge in [0.15, 0.2) is 0 Å². The molecule has 0 fully saturated rings. The van der Waals surface area contributed by atoms with Crippen LogP contribution in [0, 0.1) is 0 Å². The molecule has 5 nitrogen and oxygen atoms in total. The third-order valence-electron chi connectivity index (χ3n) is 4.48. The molecule has 1 atom stereocenters. The maximum atomic E-state index is 12.7. The fourth-order valence-corrected chi connectivity index (χ4v) is 3.32. The van der Waals surface area contributed by atoms with Crippen molar-refractivity contribution in [3.8, 4) is 0 Å². The number of allylic oxidation sites excluding steroid dienone is 1. The largest absolute Gasteiger partial charge is 0.375 e. The Balaban J connectivity index is 1.71. The zero-order valence-electron chi connectivity index (χ0n) is 13.3. The quantitative estimate of drug-likeness (QED) is 0.803. The van der Waals surface area contributed by atoms with Crippen LogP contribution in [0.15, 0.2) is 23.9 Å². The van der Waals surface area contributed by atoms with Gasteiger partial charge in [-0.05, 0) is 38.7 Å². The summed E-state index contributed by atoms with van der Waals surface area (Å²) in [6.07, 6.45) is 9.31. The van der Waals surface area contributed by atoms with Gasteiger partial charge in [-0.1, -0.05) is 11.6 Å². The van der Waals surface area contributed by atoms with Crippen molar-refractivity contribution >= 4 is 5.91 Å². The van der Waals surface area contributed by atoms with Crippen molar-refractivity contribution in [2.45, 2.75) is 58.2 Å². The minimum absolute atomic E-state index is 0.0236. The number of amides is 1. The second-order valence-electron chi connectivity index (χ2n) is 6.14. The Morgan fingerprint density at radius 2 is 2.32 bits per heavy atom. The third kappa shape index (κ3) is 3.58. The van der Waals surface area contributed by atoms with Gasteiger partial charge in [0, 0.05) is 25.8 Å². The van der Waals surface area contributed by atoms with E-state index in [0.717, 1.165) is 25.1 Å². The summed E-state index contributed by atoms with van der Waals surface area (Å²) < 4.78 is 7.76. The van der Waals surface area contributed by atoms with Crippen molar-refractivity contribution in [3.63, 3.8) is 0 Å². The standard InChI is InChI=1S/C17H25N3O2/c1-2-22-16-12-19(11-15-8-9-18-20(15)13-16)17(21)10-14-6-4-3-5-7-14/h6,8-9,16H,2-5,7,10-13H2,1H3/t16-/m0/s1. The van der Waals surface area contributed by atoms with Crippen LogP contribution in [0.3, 0.4) is 0 Å². The number of ether oxygens (including phenoxy) is 1. The highest BCUT2D eigenvalue weighted by Gasteiger charge is 2.26. The highest BCUT2D eigenvalue weighted by Crippen LogP contribution is 2.22. The molecule has 0 aromatic carbocycles. The maximum Gasteiger partial charge on any atom is 0.227 e. The highest BCUT2D eigenvalue weighted by atomic mass is 16.5. The van der Waals surface area contributed by atoms with E-state index in [4.69, 9.17) is 4.74 Å². The summed E-state index contributed by atoms with van der Waals surface area (Å²) in [6, 6.07) is 1.99. The highest BCUT2D eigenvalue weighted by molar-refractivity contribution is 5.78. The van der Waals surface area contributed by atoms with E-state index in [-0.39, 0.29) is 12.0 Å². The van der Waals surface area contributed by atoms with Gasteiger partial charge in [-0.3, -0.25) is 9.48 Å². The zero-order chi connectivity index (χ0) is 15.4. The smallest absolute Gasteiger partial charge is 0.227 e. The number of carbonyl (C=O) groups excluding carboxylic acids is 1. The summed E-state index contributed by atoms with van der Waals surface area (Å²) in [7, 11) is 0. The first kappa shape index (κ1) is 15.3. The van der Waals surface area contributed by atoms with Crippen LogP contribution in [0.4, 0.5) is 0 Å². The van der Waals surface area contributed by atoms with Crippen molar-refractivity contribution in [2.75, 3.05) is 13.2 Å². The first-order chi connectivity index (χ1) is 10.8. The van der Waals surface area contributed by atoms with E-state index in [1.54, 1.807) is 6.20 Å². The molecule has 120 valence electrons. The Kier molecular flexibility index (Phi) is 4.93. The van der Waals surface area contributed by atoms with E-state index in [0.29, 0.717) is 26.1 Å². The molecule has 0 unspecified atom stereocenters. The molecule has 5 heteroatoms. The Morgan fingerprint density at radius 3 is 3.09 bits per heavy atom. The number of aromatic nitrogens is 2. The van der Waals surface area contributed by atoms with Crippen molar-refractivity contribution in [3.05, 3.63) is 29.6 Å². The lowest BCUT2D eigenvalue weighted by atomic mass is 9.97. The van der Waals surface area contributed by atoms with E-state index in [9.17, 15) is 4.79 Å². The van der Waals surface area contributed by atoms with Crippen molar-refractivity contribution in [1.29, 1.82) is 0 Å². The Morgan fingerprint density at radius 1 is 1.41 bits per heavy atom. The van der Waals surface area contributed by atoms with E-state index >= 15 is 0 Å². The van der Waals surface area contributed by atoms with Crippen LogP contribution in [-0.2, 0) is 22.6 Å². The molecule has 1 amide bonds. The Labute approximate surface area is 131 Å². The van der Waals surface area contributed by atoms with Gasteiger partial charge in [0.1, 0.15) is 0 Å². The van der Waals surface area contributed by atoms with Crippen LogP contribution in [0.2, 0.25) is 0 Å². The molecule has 0 N–H and O–H groups in total. The van der Waals surface area contributed by atoms with Gasteiger partial charge in [0.25, 0.3) is 0 Å². The SMILES string of the molecule is CCO[C@H]1CN(C(=O)CC2=CCCCC2)Cc2ccnn2C1. The molecule has 2 heterocycles. The second kappa shape index (κ2) is 7.09. The lowest BCUT2D eigenvalue weighted by Gasteiger charge is -2.25. The normalized spacial score (nSPS) is 22.0. The predicted octanol–water partition coefficient (Wildman–Crippen LogP) is 2.52. The molecule has 0 spiro atoms. The molecule has 22 heavy (non-hydrogen) atoms. The summed E-state index contributed by atoms with van der Waals surface area (Å²) in [5.74, 6) is 0.215. The van der Waals surface area contributed by atoms with Gasteiger partial charge in [-0.15, -0.1) is 0 Å². The first-order valence-electron chi connectivity index (χ1n) is 8.34. The maximum absolute atomic E-state index is 12.7. The lowest BCUT2D eigenvalue weighted by molar-refractivity contribution is -0.133. The monoisotopic (exact) mass is 303 g/mol. The van der Waals surface area contributed by atoms with Crippen LogP contribution in [0.5, 0.6) is 0 Å². The number of hydrogen-bond acceptors (Lipinski definition) is 3. The molecule has 0 radical (unpaired) electrons. The summed E-state index contributed by atoms with van der Waals surface area (Å²) in [4.78, 5) is 14.6. The topological polar surface area (TPSA) is 47.4 Å². The van der Waals surface area contributed by atoms with Gasteiger partial charge in [0.05, 0.1) is 24.9 Å². The molecule has 0 bridgehead atoms. The molecule has 1 aromatic rings. The van der Waals surface area contributed by atoms with Crippen LogP contribution < -0.4 is 0 Å². The fourth-order valence-electron chi connectivity index (χ4n) is 3.32. The predicted molar refractivity (Wildman–Crippen MR) is 84.2 cm³/mol. The average Bonchev–Trinajstić information content (AvgIpc) is 2.87. The van der Waals surface area contributed by atoms with Crippen molar-refractivity contribution < 1.29 is 9.53 Å². The molecule has 2 aliphatic rings. The molecular formula is C17H25N3O2. The lowest BCUT2D eigenvalue weighted by Crippen LogP contribution is -2.37. The van der Waals surface area contributed by atoms with Crippen LogP contribution >= 0.6 is 0 Å². The zero-order valence-corrected chi connectivity index (χ0v) is 13.3. The van der Waals surface area contributed by atoms with Gasteiger partial charge in [-0.2, -0.15) is 5.10 Å². The summed E-state index contributed by atoms with van der Waals surface area (Å²) in [6.45, 7) is 4.67. The van der Waals surface area contributed by atoms with Gasteiger partial charge >= 0.3 is 0 Å². The van der Waals surface area contributed by atoms with Crippen molar-refractivity contribution in [2.24, 2.45) is 0 Å². The van der Waals surface area contributed by atoms with E-state index in [1.807, 2.05) is 22.6 Å². The average molecular weight is 303 g/mol. The number of carbonyl (C=O) groups is 1. The van der Waals surface area contributed by atoms with Gasteiger partial charge in [-0.25, -0.2) is 0 Å². The third-order valence-corrected chi connectivity index (χ3v) is 4.48. The number of hydrogen-bond donors (Lipinski definition) is 0. The summed E-state index contributed by atoms with van der Waals surface area (Å²) in [5, 5.41) is 4.35. The molecule has 3 rings (SSSR count). The molecule has 0 saturated carbocycles. The molecule has 0 saturated heterocycles. The van der Waals surface area contributed by atoms with Crippen LogP contribution in [0.25, 0.3) is 0 Å². The van der Waals surface area contributed by atoms with Crippen LogP contribution in [0.1, 0.15) is 44.7 Å². The van der Waals surface area contributed by atoms with Gasteiger partial charge in [0.2, 0.25) is 5.91 Å². The Bertz CT molecular complexity index is 550. The fraction of sp³-hybridized carbons (Fsp3) is 0.647. The number of fused-ring (bicyclic) bond motifs is 1. The molecule has 1 aliphatic heterocycles. The number of rotatable bonds is 4. The molecule has 1 aliphatic carbocycles. The number of nitrogens with zero attached hydrogens (tertiary/aromatic N) is 3.